The molecule has 1 unspecified atom stereocenters. The number of hydrogen-bond donors (Lipinski definition) is 1. The molecule has 2 saturated heterocycles. The smallest absolute Gasteiger partial charge is 0.317 e. The quantitative estimate of drug-likeness (QED) is 0.868. The maximum absolute atomic E-state index is 12.4. The van der Waals surface area contributed by atoms with E-state index >= 15 is 0 Å². The lowest BCUT2D eigenvalue weighted by molar-refractivity contribution is 0.00396. The molecule has 3 rings (SSSR count). The number of sulfone groups is 1. The predicted octanol–water partition coefficient (Wildman–Crippen LogP) is 1.35. The highest BCUT2D eigenvalue weighted by molar-refractivity contribution is 7.91. The lowest BCUT2D eigenvalue weighted by Gasteiger charge is -2.34. The highest BCUT2D eigenvalue weighted by Crippen LogP contribution is 2.24. The SMILES string of the molecule is CC1(NC(=O)N2CCC(OCc3cccnc3)CC2)CCS(=O)(=O)C1. The van der Waals surface area contributed by atoms with Gasteiger partial charge in [0.25, 0.3) is 0 Å². The van der Waals surface area contributed by atoms with Gasteiger partial charge < -0.3 is 15.0 Å². The molecular formula is C17H25N3O4S. The number of rotatable bonds is 4. The number of urea groups is 1. The van der Waals surface area contributed by atoms with E-state index in [0.29, 0.717) is 26.1 Å². The zero-order valence-electron chi connectivity index (χ0n) is 14.5. The summed E-state index contributed by atoms with van der Waals surface area (Å²) in [4.78, 5) is 18.2. The van der Waals surface area contributed by atoms with Crippen molar-refractivity contribution >= 4 is 15.9 Å². The molecular weight excluding hydrogens is 342 g/mol. The number of likely N-dealkylation sites (tertiary alicyclic amines) is 1. The molecule has 2 amide bonds. The summed E-state index contributed by atoms with van der Waals surface area (Å²) in [6.45, 7) is 3.57. The molecule has 1 N–H and O–H groups in total. The molecule has 3 heterocycles. The van der Waals surface area contributed by atoms with Crippen molar-refractivity contribution in [1.29, 1.82) is 0 Å². The average Bonchev–Trinajstić information content (AvgIpc) is 2.87. The Labute approximate surface area is 148 Å². The van der Waals surface area contributed by atoms with E-state index in [-0.39, 0.29) is 23.6 Å². The van der Waals surface area contributed by atoms with E-state index in [1.54, 1.807) is 24.2 Å². The molecule has 2 fully saturated rings. The predicted molar refractivity (Wildman–Crippen MR) is 93.8 cm³/mol. The number of nitrogens with one attached hydrogen (secondary N) is 1. The van der Waals surface area contributed by atoms with Crippen LogP contribution in [0.1, 0.15) is 31.7 Å². The van der Waals surface area contributed by atoms with E-state index in [1.807, 2.05) is 12.1 Å². The molecule has 1 aromatic rings. The van der Waals surface area contributed by atoms with Gasteiger partial charge in [-0.2, -0.15) is 0 Å². The maximum atomic E-state index is 12.4. The standard InChI is InChI=1S/C17H25N3O4S/c1-17(6-10-25(22,23)13-17)19-16(21)20-8-4-15(5-9-20)24-12-14-3-2-7-18-11-14/h2-3,7,11,15H,4-6,8-10,12-13H2,1H3,(H,19,21). The molecule has 8 heteroatoms. The van der Waals surface area contributed by atoms with E-state index in [1.165, 1.54) is 0 Å². The Morgan fingerprint density at radius 1 is 1.44 bits per heavy atom. The van der Waals surface area contributed by atoms with Crippen LogP contribution >= 0.6 is 0 Å². The molecule has 0 aliphatic carbocycles. The normalized spacial score (nSPS) is 26.5. The summed E-state index contributed by atoms with van der Waals surface area (Å²) in [5, 5.41) is 2.91. The molecule has 7 nitrogen and oxygen atoms in total. The minimum absolute atomic E-state index is 0.0242. The van der Waals surface area contributed by atoms with Gasteiger partial charge in [0.1, 0.15) is 0 Å². The van der Waals surface area contributed by atoms with E-state index in [9.17, 15) is 13.2 Å². The van der Waals surface area contributed by atoms with Gasteiger partial charge in [-0.15, -0.1) is 0 Å². The average molecular weight is 367 g/mol. The van der Waals surface area contributed by atoms with Gasteiger partial charge in [0.2, 0.25) is 0 Å². The lowest BCUT2D eigenvalue weighted by Crippen LogP contribution is -2.54. The second kappa shape index (κ2) is 7.29. The number of carbonyl (C=O) groups is 1. The molecule has 1 atom stereocenters. The number of hydrogen-bond acceptors (Lipinski definition) is 5. The summed E-state index contributed by atoms with van der Waals surface area (Å²) < 4.78 is 29.2. The van der Waals surface area contributed by atoms with Gasteiger partial charge in [-0.05, 0) is 37.8 Å². The van der Waals surface area contributed by atoms with E-state index in [0.717, 1.165) is 18.4 Å². The fourth-order valence-electron chi connectivity index (χ4n) is 3.37. The first kappa shape index (κ1) is 18.1. The summed E-state index contributed by atoms with van der Waals surface area (Å²) >= 11 is 0. The fraction of sp³-hybridized carbons (Fsp3) is 0.647. The highest BCUT2D eigenvalue weighted by atomic mass is 32.2. The minimum Gasteiger partial charge on any atom is -0.373 e. The van der Waals surface area contributed by atoms with Crippen molar-refractivity contribution in [3.05, 3.63) is 30.1 Å². The summed E-state index contributed by atoms with van der Waals surface area (Å²) in [7, 11) is -3.03. The minimum atomic E-state index is -3.03. The van der Waals surface area contributed by atoms with Crippen LogP contribution in [-0.2, 0) is 21.2 Å². The molecule has 2 aliphatic heterocycles. The Bertz CT molecular complexity index is 702. The number of aromatic nitrogens is 1. The van der Waals surface area contributed by atoms with Crippen LogP contribution in [0.5, 0.6) is 0 Å². The van der Waals surface area contributed by atoms with E-state index in [4.69, 9.17) is 4.74 Å². The number of ether oxygens (including phenoxy) is 1. The van der Waals surface area contributed by atoms with Crippen LogP contribution in [0.3, 0.4) is 0 Å². The summed E-state index contributed by atoms with van der Waals surface area (Å²) in [6.07, 6.45) is 5.69. The Morgan fingerprint density at radius 2 is 2.20 bits per heavy atom. The van der Waals surface area contributed by atoms with Gasteiger partial charge in [0.15, 0.2) is 9.84 Å². The van der Waals surface area contributed by atoms with Gasteiger partial charge in [-0.3, -0.25) is 4.98 Å². The van der Waals surface area contributed by atoms with Crippen molar-refractivity contribution in [2.75, 3.05) is 24.6 Å². The number of pyridine rings is 1. The van der Waals surface area contributed by atoms with Crippen molar-refractivity contribution in [3.8, 4) is 0 Å². The Morgan fingerprint density at radius 3 is 2.80 bits per heavy atom. The summed E-state index contributed by atoms with van der Waals surface area (Å²) in [5.41, 5.74) is 0.391. The Hall–Kier alpha value is -1.67. The van der Waals surface area contributed by atoms with Gasteiger partial charge in [0.05, 0.1) is 29.8 Å². The van der Waals surface area contributed by atoms with Crippen molar-refractivity contribution in [2.24, 2.45) is 0 Å². The second-order valence-corrected chi connectivity index (χ2v) is 9.38. The Balaban J connectivity index is 1.43. The largest absolute Gasteiger partial charge is 0.373 e. The van der Waals surface area contributed by atoms with Crippen LogP contribution in [0.4, 0.5) is 4.79 Å². The van der Waals surface area contributed by atoms with Gasteiger partial charge in [-0.1, -0.05) is 6.07 Å². The number of nitrogens with zero attached hydrogens (tertiary/aromatic N) is 2. The summed E-state index contributed by atoms with van der Waals surface area (Å²) in [6, 6.07) is 3.69. The third-order valence-electron chi connectivity index (χ3n) is 4.85. The molecule has 1 aromatic heterocycles. The van der Waals surface area contributed by atoms with Crippen molar-refractivity contribution in [3.63, 3.8) is 0 Å². The zero-order chi connectivity index (χ0) is 17.9. The topological polar surface area (TPSA) is 88.6 Å². The second-order valence-electron chi connectivity index (χ2n) is 7.19. The molecule has 0 aromatic carbocycles. The Kier molecular flexibility index (Phi) is 5.29. The fourth-order valence-corrected chi connectivity index (χ4v) is 5.46. The molecule has 138 valence electrons. The molecule has 2 aliphatic rings. The molecule has 0 bridgehead atoms. The van der Waals surface area contributed by atoms with Gasteiger partial charge in [-0.25, -0.2) is 13.2 Å². The van der Waals surface area contributed by atoms with Crippen LogP contribution in [0.25, 0.3) is 0 Å². The summed E-state index contributed by atoms with van der Waals surface area (Å²) in [5.74, 6) is 0.171. The number of carbonyl (C=O) groups excluding carboxylic acids is 1. The van der Waals surface area contributed by atoms with Crippen LogP contribution in [0, 0.1) is 0 Å². The first-order valence-electron chi connectivity index (χ1n) is 8.63. The molecule has 25 heavy (non-hydrogen) atoms. The van der Waals surface area contributed by atoms with Crippen LogP contribution in [0.2, 0.25) is 0 Å². The monoisotopic (exact) mass is 367 g/mol. The van der Waals surface area contributed by atoms with E-state index < -0.39 is 15.4 Å². The van der Waals surface area contributed by atoms with Gasteiger partial charge >= 0.3 is 6.03 Å². The van der Waals surface area contributed by atoms with Gasteiger partial charge in [0, 0.05) is 25.5 Å². The third kappa shape index (κ3) is 4.92. The number of piperidine rings is 1. The first-order chi connectivity index (χ1) is 11.9. The van der Waals surface area contributed by atoms with Crippen molar-refractivity contribution in [1.82, 2.24) is 15.2 Å². The maximum Gasteiger partial charge on any atom is 0.317 e. The molecule has 0 spiro atoms. The van der Waals surface area contributed by atoms with Crippen LogP contribution < -0.4 is 5.32 Å². The van der Waals surface area contributed by atoms with Crippen LogP contribution in [-0.4, -0.2) is 60.6 Å². The highest BCUT2D eigenvalue weighted by Gasteiger charge is 2.40. The van der Waals surface area contributed by atoms with Crippen molar-refractivity contribution < 1.29 is 17.9 Å². The molecule has 0 radical (unpaired) electrons. The van der Waals surface area contributed by atoms with Crippen molar-refractivity contribution in [2.45, 2.75) is 44.4 Å². The zero-order valence-corrected chi connectivity index (χ0v) is 15.3. The van der Waals surface area contributed by atoms with Crippen LogP contribution in [0.15, 0.2) is 24.5 Å². The number of amides is 2. The third-order valence-corrected chi connectivity index (χ3v) is 6.75. The molecule has 0 saturated carbocycles. The lowest BCUT2D eigenvalue weighted by atomic mass is 10.0. The van der Waals surface area contributed by atoms with E-state index in [2.05, 4.69) is 10.3 Å². The first-order valence-corrected chi connectivity index (χ1v) is 10.5.